The molecular formula is C20H21N4OS+. The third-order valence-electron chi connectivity index (χ3n) is 3.72. The number of benzene rings is 1. The number of aromatic amines is 1. The van der Waals surface area contributed by atoms with Crippen LogP contribution in [0, 0.1) is 22.7 Å². The maximum Gasteiger partial charge on any atom is 0.289 e. The normalized spacial score (nSPS) is 9.96. The highest BCUT2D eigenvalue weighted by Gasteiger charge is 2.23. The van der Waals surface area contributed by atoms with E-state index < -0.39 is 0 Å². The smallest absolute Gasteiger partial charge is 0.289 e. The molecule has 0 atom stereocenters. The van der Waals surface area contributed by atoms with Crippen molar-refractivity contribution in [2.24, 2.45) is 0 Å². The number of nitrogens with zero attached hydrogens (tertiary/aromatic N) is 2. The molecule has 3 N–H and O–H groups in total. The van der Waals surface area contributed by atoms with E-state index in [0.717, 1.165) is 24.2 Å². The van der Waals surface area contributed by atoms with Gasteiger partial charge in [-0.15, -0.1) is 6.58 Å². The van der Waals surface area contributed by atoms with E-state index in [1.807, 2.05) is 24.3 Å². The largest absolute Gasteiger partial charge is 0.494 e. The first kappa shape index (κ1) is 19.4. The molecule has 0 spiro atoms. The summed E-state index contributed by atoms with van der Waals surface area (Å²) in [7, 11) is 0. The minimum absolute atomic E-state index is 0.247. The number of nitrogens with two attached hydrogens (primary N) is 1. The summed E-state index contributed by atoms with van der Waals surface area (Å²) in [6, 6.07) is 11.7. The molecule has 0 saturated carbocycles. The predicted molar refractivity (Wildman–Crippen MR) is 104 cm³/mol. The highest BCUT2D eigenvalue weighted by molar-refractivity contribution is 7.99. The van der Waals surface area contributed by atoms with E-state index in [-0.39, 0.29) is 11.4 Å². The molecule has 132 valence electrons. The van der Waals surface area contributed by atoms with Crippen LogP contribution in [-0.4, -0.2) is 12.4 Å². The van der Waals surface area contributed by atoms with Gasteiger partial charge in [0.25, 0.3) is 5.82 Å². The Labute approximate surface area is 158 Å². The maximum absolute atomic E-state index is 9.68. The monoisotopic (exact) mass is 365 g/mol. The number of anilines is 1. The van der Waals surface area contributed by atoms with E-state index in [9.17, 15) is 10.5 Å². The van der Waals surface area contributed by atoms with Gasteiger partial charge >= 0.3 is 0 Å². The molecule has 0 saturated heterocycles. The zero-order chi connectivity index (χ0) is 18.9. The van der Waals surface area contributed by atoms with Crippen LogP contribution in [-0.2, 0) is 0 Å². The summed E-state index contributed by atoms with van der Waals surface area (Å²) in [6.07, 6.45) is 3.81. The maximum atomic E-state index is 9.68. The Balaban J connectivity index is 2.50. The number of nitrogens with one attached hydrogen (secondary N) is 1. The first-order valence-corrected chi connectivity index (χ1v) is 9.30. The molecule has 0 bridgehead atoms. The van der Waals surface area contributed by atoms with Gasteiger partial charge in [0.1, 0.15) is 29.0 Å². The Morgan fingerprint density at radius 3 is 2.50 bits per heavy atom. The topological polar surface area (TPSA) is 97.0 Å². The van der Waals surface area contributed by atoms with Gasteiger partial charge in [-0.3, -0.25) is 5.73 Å². The van der Waals surface area contributed by atoms with Crippen molar-refractivity contribution in [2.45, 2.75) is 24.8 Å². The minimum Gasteiger partial charge on any atom is -0.494 e. The van der Waals surface area contributed by atoms with Crippen LogP contribution in [0.1, 0.15) is 30.9 Å². The number of rotatable bonds is 8. The SMILES string of the molecule is C=CCSc1[nH+]c(N)c(C#N)c(-c2ccc(OCCCC)cc2)c1C#N. The van der Waals surface area contributed by atoms with Crippen LogP contribution >= 0.6 is 11.8 Å². The fraction of sp³-hybridized carbons (Fsp3) is 0.250. The molecule has 1 heterocycles. The summed E-state index contributed by atoms with van der Waals surface area (Å²) in [5.41, 5.74) is 7.99. The van der Waals surface area contributed by atoms with Gasteiger partial charge in [-0.05, 0) is 24.1 Å². The Morgan fingerprint density at radius 1 is 1.23 bits per heavy atom. The fourth-order valence-electron chi connectivity index (χ4n) is 2.43. The summed E-state index contributed by atoms with van der Waals surface area (Å²) >= 11 is 1.42. The summed E-state index contributed by atoms with van der Waals surface area (Å²) in [5.74, 6) is 1.63. The van der Waals surface area contributed by atoms with Crippen LogP contribution in [0.25, 0.3) is 11.1 Å². The molecule has 26 heavy (non-hydrogen) atoms. The van der Waals surface area contributed by atoms with Crippen LogP contribution in [0.4, 0.5) is 5.82 Å². The second-order valence-electron chi connectivity index (χ2n) is 5.54. The number of hydrogen-bond acceptors (Lipinski definition) is 5. The molecule has 2 aromatic rings. The van der Waals surface area contributed by atoms with Crippen molar-refractivity contribution in [1.82, 2.24) is 0 Å². The number of nitrogen functional groups attached to an aromatic ring is 1. The van der Waals surface area contributed by atoms with Crippen LogP contribution in [0.5, 0.6) is 5.75 Å². The van der Waals surface area contributed by atoms with Crippen LogP contribution in [0.2, 0.25) is 0 Å². The van der Waals surface area contributed by atoms with Gasteiger partial charge in [-0.25, -0.2) is 4.98 Å². The van der Waals surface area contributed by atoms with E-state index >= 15 is 0 Å². The van der Waals surface area contributed by atoms with Crippen molar-refractivity contribution in [3.63, 3.8) is 0 Å². The summed E-state index contributed by atoms with van der Waals surface area (Å²) in [5, 5.41) is 19.8. The van der Waals surface area contributed by atoms with Crippen molar-refractivity contribution in [2.75, 3.05) is 18.1 Å². The van der Waals surface area contributed by atoms with Crippen LogP contribution < -0.4 is 15.5 Å². The van der Waals surface area contributed by atoms with Gasteiger partial charge in [0, 0.05) is 11.3 Å². The molecule has 0 aliphatic heterocycles. The number of thioether (sulfide) groups is 1. The predicted octanol–water partition coefficient (Wildman–Crippen LogP) is 3.95. The number of pyridine rings is 1. The summed E-state index contributed by atoms with van der Waals surface area (Å²) in [4.78, 5) is 2.96. The zero-order valence-electron chi connectivity index (χ0n) is 14.7. The Hall–Kier alpha value is -2.96. The molecule has 0 radical (unpaired) electrons. The molecule has 0 aliphatic carbocycles. The number of nitriles is 2. The molecule has 2 rings (SSSR count). The van der Waals surface area contributed by atoms with Gasteiger partial charge in [-0.1, -0.05) is 43.3 Å². The Kier molecular flexibility index (Phi) is 7.08. The van der Waals surface area contributed by atoms with Gasteiger partial charge < -0.3 is 4.74 Å². The number of ether oxygens (including phenoxy) is 1. The van der Waals surface area contributed by atoms with Crippen LogP contribution in [0.15, 0.2) is 41.9 Å². The second kappa shape index (κ2) is 9.50. The number of hydrogen-bond donors (Lipinski definition) is 1. The lowest BCUT2D eigenvalue weighted by atomic mass is 9.97. The van der Waals surface area contributed by atoms with Crippen molar-refractivity contribution < 1.29 is 9.72 Å². The van der Waals surface area contributed by atoms with E-state index in [4.69, 9.17) is 10.5 Å². The fourth-order valence-corrected chi connectivity index (χ4v) is 3.19. The van der Waals surface area contributed by atoms with Gasteiger partial charge in [0.2, 0.25) is 0 Å². The van der Waals surface area contributed by atoms with Crippen molar-refractivity contribution in [3.8, 4) is 29.0 Å². The quantitative estimate of drug-likeness (QED) is 0.434. The zero-order valence-corrected chi connectivity index (χ0v) is 15.5. The highest BCUT2D eigenvalue weighted by Crippen LogP contribution is 2.34. The molecule has 1 aromatic carbocycles. The molecule has 0 fully saturated rings. The first-order valence-electron chi connectivity index (χ1n) is 8.32. The van der Waals surface area contributed by atoms with Crippen molar-refractivity contribution in [3.05, 3.63) is 48.0 Å². The van der Waals surface area contributed by atoms with E-state index in [1.165, 1.54) is 11.8 Å². The van der Waals surface area contributed by atoms with Crippen molar-refractivity contribution >= 4 is 17.6 Å². The summed E-state index contributed by atoms with van der Waals surface area (Å²) < 4.78 is 5.67. The average Bonchev–Trinajstić information content (AvgIpc) is 2.66. The van der Waals surface area contributed by atoms with Crippen LogP contribution in [0.3, 0.4) is 0 Å². The lowest BCUT2D eigenvalue weighted by molar-refractivity contribution is -0.410. The Bertz CT molecular complexity index is 863. The molecule has 5 nitrogen and oxygen atoms in total. The van der Waals surface area contributed by atoms with Gasteiger partial charge in [0.05, 0.1) is 6.61 Å². The first-order chi connectivity index (χ1) is 12.7. The van der Waals surface area contributed by atoms with Gasteiger partial charge in [-0.2, -0.15) is 10.5 Å². The lowest BCUT2D eigenvalue weighted by Gasteiger charge is -2.11. The standard InChI is InChI=1S/C20H20N4OS/c1-3-5-10-25-15-8-6-14(7-9-15)18-16(12-21)19(23)24-20(17(18)13-22)26-11-4-2/h4,6-9H,2-3,5,10-11H2,1H3,(H2,23,24)/p+1. The molecular weight excluding hydrogens is 344 g/mol. The van der Waals surface area contributed by atoms with E-state index in [0.29, 0.717) is 28.5 Å². The third-order valence-corrected chi connectivity index (χ3v) is 4.72. The lowest BCUT2D eigenvalue weighted by Crippen LogP contribution is -2.18. The molecule has 0 aliphatic rings. The molecule has 0 amide bonds. The minimum atomic E-state index is 0.247. The second-order valence-corrected chi connectivity index (χ2v) is 6.57. The highest BCUT2D eigenvalue weighted by atomic mass is 32.2. The molecule has 0 unspecified atom stereocenters. The number of unbranched alkanes of at least 4 members (excludes halogenated alkanes) is 1. The van der Waals surface area contributed by atoms with Crippen molar-refractivity contribution in [1.29, 1.82) is 10.5 Å². The number of H-pyrrole nitrogens is 1. The number of aromatic nitrogens is 1. The third kappa shape index (κ3) is 4.36. The van der Waals surface area contributed by atoms with E-state index in [2.05, 4.69) is 30.6 Å². The molecule has 1 aromatic heterocycles. The van der Waals surface area contributed by atoms with Gasteiger partial charge in [0.15, 0.2) is 5.03 Å². The average molecular weight is 365 g/mol. The van der Waals surface area contributed by atoms with E-state index in [1.54, 1.807) is 6.08 Å². The summed E-state index contributed by atoms with van der Waals surface area (Å²) in [6.45, 7) is 6.47. The molecule has 6 heteroatoms. The Morgan fingerprint density at radius 2 is 1.92 bits per heavy atom.